The first-order chi connectivity index (χ1) is 10.2. The van der Waals surface area contributed by atoms with Gasteiger partial charge in [-0.2, -0.15) is 0 Å². The number of esters is 1. The molecule has 5 nitrogen and oxygen atoms in total. The fourth-order valence-corrected chi connectivity index (χ4v) is 3.54. The van der Waals surface area contributed by atoms with Gasteiger partial charge in [0.1, 0.15) is 0 Å². The molecule has 2 rings (SSSR count). The molecule has 1 atom stereocenters. The molecule has 0 bridgehead atoms. The monoisotopic (exact) mass is 311 g/mol. The van der Waals surface area contributed by atoms with Crippen molar-refractivity contribution < 1.29 is 19.1 Å². The average Bonchev–Trinajstić information content (AvgIpc) is 2.84. The highest BCUT2D eigenvalue weighted by molar-refractivity contribution is 7.10. The Kier molecular flexibility index (Phi) is 5.61. The van der Waals surface area contributed by atoms with Crippen molar-refractivity contribution in [3.8, 4) is 0 Å². The van der Waals surface area contributed by atoms with E-state index in [-0.39, 0.29) is 18.0 Å². The van der Waals surface area contributed by atoms with Gasteiger partial charge in [0.15, 0.2) is 0 Å². The summed E-state index contributed by atoms with van der Waals surface area (Å²) >= 11 is 1.68. The summed E-state index contributed by atoms with van der Waals surface area (Å²) in [6.07, 6.45) is 0.806. The van der Waals surface area contributed by atoms with Gasteiger partial charge in [0.05, 0.1) is 19.6 Å². The van der Waals surface area contributed by atoms with Crippen LogP contribution in [0.2, 0.25) is 0 Å². The van der Waals surface area contributed by atoms with Crippen molar-refractivity contribution in [2.75, 3.05) is 26.3 Å². The third-order valence-corrected chi connectivity index (χ3v) is 4.51. The van der Waals surface area contributed by atoms with Gasteiger partial charge >= 0.3 is 12.1 Å². The van der Waals surface area contributed by atoms with Crippen molar-refractivity contribution in [1.29, 1.82) is 0 Å². The summed E-state index contributed by atoms with van der Waals surface area (Å²) in [7, 11) is 0. The second-order valence-electron chi connectivity index (χ2n) is 4.90. The molecule has 1 amide bonds. The number of carbonyl (C=O) groups excluding carboxylic acids is 2. The summed E-state index contributed by atoms with van der Waals surface area (Å²) in [4.78, 5) is 26.7. The molecule has 116 valence electrons. The van der Waals surface area contributed by atoms with Crippen LogP contribution in [-0.2, 0) is 20.7 Å². The summed E-state index contributed by atoms with van der Waals surface area (Å²) in [6, 6.07) is 2.05. The molecule has 0 saturated carbocycles. The van der Waals surface area contributed by atoms with Crippen LogP contribution in [0.15, 0.2) is 11.4 Å². The number of nitrogens with zero attached hydrogens (tertiary/aromatic N) is 1. The summed E-state index contributed by atoms with van der Waals surface area (Å²) in [5.74, 6) is -0.234. The SMILES string of the molecule is CCOC(=O)CC1CN(C(=O)OCC)CCc2sccc21. The van der Waals surface area contributed by atoms with Gasteiger partial charge in [0.25, 0.3) is 0 Å². The van der Waals surface area contributed by atoms with E-state index in [1.807, 2.05) is 5.38 Å². The first-order valence-electron chi connectivity index (χ1n) is 7.29. The standard InChI is InChI=1S/C15H21NO4S/c1-3-19-14(17)9-11-10-16(15(18)20-4-2)7-5-13-12(11)6-8-21-13/h6,8,11H,3-5,7,9-10H2,1-2H3. The number of fused-ring (bicyclic) bond motifs is 1. The molecule has 1 aliphatic heterocycles. The lowest BCUT2D eigenvalue weighted by Gasteiger charge is -2.23. The van der Waals surface area contributed by atoms with Crippen molar-refractivity contribution >= 4 is 23.4 Å². The van der Waals surface area contributed by atoms with Gasteiger partial charge in [0, 0.05) is 23.9 Å². The van der Waals surface area contributed by atoms with Crippen LogP contribution in [0.25, 0.3) is 0 Å². The zero-order valence-electron chi connectivity index (χ0n) is 12.5. The van der Waals surface area contributed by atoms with Crippen molar-refractivity contribution in [2.24, 2.45) is 0 Å². The van der Waals surface area contributed by atoms with Gasteiger partial charge in [0.2, 0.25) is 0 Å². The van der Waals surface area contributed by atoms with Crippen molar-refractivity contribution in [3.05, 3.63) is 21.9 Å². The molecule has 2 heterocycles. The van der Waals surface area contributed by atoms with Crippen LogP contribution in [0.1, 0.15) is 36.6 Å². The van der Waals surface area contributed by atoms with Gasteiger partial charge in [-0.1, -0.05) is 0 Å². The lowest BCUT2D eigenvalue weighted by molar-refractivity contribution is -0.143. The molecular formula is C15H21NO4S. The first-order valence-corrected chi connectivity index (χ1v) is 8.17. The van der Waals surface area contributed by atoms with E-state index >= 15 is 0 Å². The predicted molar refractivity (Wildman–Crippen MR) is 80.6 cm³/mol. The molecular weight excluding hydrogens is 290 g/mol. The first kappa shape index (κ1) is 15.8. The Labute approximate surface area is 128 Å². The minimum atomic E-state index is -0.304. The minimum Gasteiger partial charge on any atom is -0.466 e. The van der Waals surface area contributed by atoms with E-state index < -0.39 is 0 Å². The van der Waals surface area contributed by atoms with Gasteiger partial charge < -0.3 is 14.4 Å². The number of amides is 1. The second-order valence-corrected chi connectivity index (χ2v) is 5.90. The van der Waals surface area contributed by atoms with Crippen molar-refractivity contribution in [2.45, 2.75) is 32.6 Å². The quantitative estimate of drug-likeness (QED) is 0.802. The number of thiophene rings is 1. The van der Waals surface area contributed by atoms with E-state index in [0.717, 1.165) is 6.42 Å². The summed E-state index contributed by atoms with van der Waals surface area (Å²) in [6.45, 7) is 5.46. The maximum atomic E-state index is 12.0. The van der Waals surface area contributed by atoms with Crippen molar-refractivity contribution in [1.82, 2.24) is 4.90 Å². The zero-order chi connectivity index (χ0) is 15.2. The van der Waals surface area contributed by atoms with Crippen LogP contribution in [0.3, 0.4) is 0 Å². The lowest BCUT2D eigenvalue weighted by Crippen LogP contribution is -2.35. The van der Waals surface area contributed by atoms with E-state index in [9.17, 15) is 9.59 Å². The molecule has 1 unspecified atom stereocenters. The number of hydrogen-bond donors (Lipinski definition) is 0. The lowest BCUT2D eigenvalue weighted by atomic mass is 9.96. The molecule has 1 aliphatic rings. The average molecular weight is 311 g/mol. The van der Waals surface area contributed by atoms with Gasteiger partial charge in [-0.05, 0) is 37.3 Å². The normalized spacial score (nSPS) is 17.8. The Hall–Kier alpha value is -1.56. The smallest absolute Gasteiger partial charge is 0.409 e. The van der Waals surface area contributed by atoms with Crippen LogP contribution in [0.4, 0.5) is 4.79 Å². The number of ether oxygens (including phenoxy) is 2. The highest BCUT2D eigenvalue weighted by Gasteiger charge is 2.29. The fraction of sp³-hybridized carbons (Fsp3) is 0.600. The molecule has 0 aromatic carbocycles. The summed E-state index contributed by atoms with van der Waals surface area (Å²) in [5, 5.41) is 2.04. The summed E-state index contributed by atoms with van der Waals surface area (Å²) in [5.41, 5.74) is 1.17. The highest BCUT2D eigenvalue weighted by Crippen LogP contribution is 2.32. The molecule has 21 heavy (non-hydrogen) atoms. The third kappa shape index (κ3) is 3.97. The molecule has 0 spiro atoms. The maximum absolute atomic E-state index is 12.0. The summed E-state index contributed by atoms with van der Waals surface area (Å²) < 4.78 is 10.1. The molecule has 6 heteroatoms. The van der Waals surface area contributed by atoms with E-state index in [2.05, 4.69) is 6.07 Å². The van der Waals surface area contributed by atoms with Crippen LogP contribution < -0.4 is 0 Å². The van der Waals surface area contributed by atoms with Crippen LogP contribution in [0.5, 0.6) is 0 Å². The second kappa shape index (κ2) is 7.45. The van der Waals surface area contributed by atoms with E-state index in [1.165, 1.54) is 10.4 Å². The Balaban J connectivity index is 2.13. The van der Waals surface area contributed by atoms with Crippen molar-refractivity contribution in [3.63, 3.8) is 0 Å². The van der Waals surface area contributed by atoms with E-state index in [4.69, 9.17) is 9.47 Å². The number of carbonyl (C=O) groups is 2. The van der Waals surface area contributed by atoms with Gasteiger partial charge in [-0.15, -0.1) is 11.3 Å². The topological polar surface area (TPSA) is 55.8 Å². The molecule has 0 radical (unpaired) electrons. The predicted octanol–water partition coefficient (Wildman–Crippen LogP) is 2.80. The molecule has 0 saturated heterocycles. The van der Waals surface area contributed by atoms with E-state index in [1.54, 1.807) is 30.1 Å². The minimum absolute atomic E-state index is 0.0165. The van der Waals surface area contributed by atoms with Gasteiger partial charge in [-0.3, -0.25) is 4.79 Å². The van der Waals surface area contributed by atoms with Crippen LogP contribution in [0, 0.1) is 0 Å². The molecule has 0 N–H and O–H groups in total. The van der Waals surface area contributed by atoms with Crippen LogP contribution in [-0.4, -0.2) is 43.3 Å². The van der Waals surface area contributed by atoms with Crippen LogP contribution >= 0.6 is 11.3 Å². The largest absolute Gasteiger partial charge is 0.466 e. The fourth-order valence-electron chi connectivity index (χ4n) is 2.59. The van der Waals surface area contributed by atoms with E-state index in [0.29, 0.717) is 32.7 Å². The Bertz CT molecular complexity index is 500. The molecule has 0 aliphatic carbocycles. The highest BCUT2D eigenvalue weighted by atomic mass is 32.1. The van der Waals surface area contributed by atoms with Gasteiger partial charge in [-0.25, -0.2) is 4.79 Å². The third-order valence-electron chi connectivity index (χ3n) is 3.51. The maximum Gasteiger partial charge on any atom is 0.409 e. The molecule has 1 aromatic rings. The molecule has 0 fully saturated rings. The Morgan fingerprint density at radius 3 is 2.81 bits per heavy atom. The number of hydrogen-bond acceptors (Lipinski definition) is 5. The Morgan fingerprint density at radius 2 is 2.10 bits per heavy atom. The zero-order valence-corrected chi connectivity index (χ0v) is 13.3. The molecule has 1 aromatic heterocycles. The Morgan fingerprint density at radius 1 is 1.33 bits per heavy atom. The number of rotatable bonds is 4.